The molecule has 0 atom stereocenters. The van der Waals surface area contributed by atoms with Crippen molar-refractivity contribution in [2.24, 2.45) is 0 Å². The number of fused-ring (bicyclic) bond motifs is 1. The number of rotatable bonds is 7. The monoisotopic (exact) mass is 338 g/mol. The largest absolute Gasteiger partial charge is 0.479 e. The zero-order valence-corrected chi connectivity index (χ0v) is 14.1. The molecule has 0 N–H and O–H groups in total. The van der Waals surface area contributed by atoms with Crippen LogP contribution in [0.15, 0.2) is 43.2 Å². The lowest BCUT2D eigenvalue weighted by Gasteiger charge is -2.12. The predicted octanol–water partition coefficient (Wildman–Crippen LogP) is 2.96. The minimum atomic E-state index is -0.163. The summed E-state index contributed by atoms with van der Waals surface area (Å²) in [5.41, 5.74) is 2.32. The maximum Gasteiger partial charge on any atom is 0.240 e. The van der Waals surface area contributed by atoms with Crippen molar-refractivity contribution >= 4 is 11.3 Å². The number of pyridine rings is 1. The van der Waals surface area contributed by atoms with E-state index < -0.39 is 0 Å². The van der Waals surface area contributed by atoms with Crippen LogP contribution in [-0.2, 0) is 0 Å². The van der Waals surface area contributed by atoms with Crippen molar-refractivity contribution in [1.82, 2.24) is 19.6 Å². The van der Waals surface area contributed by atoms with Crippen LogP contribution in [0.2, 0.25) is 0 Å². The molecule has 0 amide bonds. The van der Waals surface area contributed by atoms with Gasteiger partial charge in [-0.3, -0.25) is 4.79 Å². The van der Waals surface area contributed by atoms with Crippen LogP contribution < -0.4 is 9.47 Å². The molecule has 0 unspecified atom stereocenters. The SMILES string of the molecule is C=CCCOc1cc(-c2nc(C(C)=O)cnc2OC)cc2ccnn12. The molecule has 0 saturated heterocycles. The summed E-state index contributed by atoms with van der Waals surface area (Å²) in [6.07, 6.45) is 5.60. The number of Topliss-reactive ketones (excluding diaryl/α,β-unsaturated/α-hetero) is 1. The second-order valence-electron chi connectivity index (χ2n) is 5.35. The Balaban J connectivity index is 2.13. The minimum absolute atomic E-state index is 0.163. The van der Waals surface area contributed by atoms with Gasteiger partial charge in [-0.2, -0.15) is 5.10 Å². The fourth-order valence-corrected chi connectivity index (χ4v) is 2.37. The highest BCUT2D eigenvalue weighted by atomic mass is 16.5. The normalized spacial score (nSPS) is 10.6. The summed E-state index contributed by atoms with van der Waals surface area (Å²) in [7, 11) is 1.51. The molecule has 0 aliphatic rings. The summed E-state index contributed by atoms with van der Waals surface area (Å²) in [6.45, 7) is 5.62. The number of hydrogen-bond acceptors (Lipinski definition) is 6. The molecule has 0 aliphatic heterocycles. The molecular formula is C18H18N4O3. The van der Waals surface area contributed by atoms with Crippen molar-refractivity contribution in [1.29, 1.82) is 0 Å². The van der Waals surface area contributed by atoms with Gasteiger partial charge in [0.25, 0.3) is 0 Å². The Hall–Kier alpha value is -3.22. The zero-order valence-electron chi connectivity index (χ0n) is 14.1. The first-order chi connectivity index (χ1) is 12.1. The van der Waals surface area contributed by atoms with Gasteiger partial charge in [0.2, 0.25) is 11.8 Å². The molecule has 3 aromatic heterocycles. The van der Waals surface area contributed by atoms with Gasteiger partial charge >= 0.3 is 0 Å². The Morgan fingerprint density at radius 2 is 2.24 bits per heavy atom. The smallest absolute Gasteiger partial charge is 0.240 e. The minimum Gasteiger partial charge on any atom is -0.479 e. The number of carbonyl (C=O) groups excluding carboxylic acids is 1. The van der Waals surface area contributed by atoms with Crippen LogP contribution in [0, 0.1) is 0 Å². The molecule has 3 aromatic rings. The molecule has 3 heterocycles. The molecular weight excluding hydrogens is 320 g/mol. The van der Waals surface area contributed by atoms with E-state index in [1.54, 1.807) is 22.9 Å². The lowest BCUT2D eigenvalue weighted by atomic mass is 10.1. The number of nitrogens with zero attached hydrogens (tertiary/aromatic N) is 4. The van der Waals surface area contributed by atoms with Crippen molar-refractivity contribution < 1.29 is 14.3 Å². The average molecular weight is 338 g/mol. The first-order valence-corrected chi connectivity index (χ1v) is 7.78. The third-order valence-corrected chi connectivity index (χ3v) is 3.60. The van der Waals surface area contributed by atoms with Crippen LogP contribution in [0.5, 0.6) is 11.8 Å². The van der Waals surface area contributed by atoms with Gasteiger partial charge in [-0.25, -0.2) is 14.5 Å². The third kappa shape index (κ3) is 3.35. The van der Waals surface area contributed by atoms with E-state index >= 15 is 0 Å². The molecule has 7 heteroatoms. The van der Waals surface area contributed by atoms with Crippen LogP contribution in [0.1, 0.15) is 23.8 Å². The van der Waals surface area contributed by atoms with Gasteiger partial charge in [0.15, 0.2) is 5.78 Å². The predicted molar refractivity (Wildman–Crippen MR) is 93.1 cm³/mol. The Morgan fingerprint density at radius 3 is 2.96 bits per heavy atom. The van der Waals surface area contributed by atoms with Crippen LogP contribution in [0.25, 0.3) is 16.8 Å². The van der Waals surface area contributed by atoms with Crippen LogP contribution in [0.3, 0.4) is 0 Å². The maximum atomic E-state index is 11.6. The van der Waals surface area contributed by atoms with Crippen molar-refractivity contribution in [3.05, 3.63) is 48.9 Å². The molecule has 0 radical (unpaired) electrons. The highest BCUT2D eigenvalue weighted by molar-refractivity contribution is 5.92. The number of methoxy groups -OCH3 is 1. The topological polar surface area (TPSA) is 78.6 Å². The maximum absolute atomic E-state index is 11.6. The van der Waals surface area contributed by atoms with Gasteiger partial charge in [0, 0.05) is 18.6 Å². The fraction of sp³-hybridized carbons (Fsp3) is 0.222. The quantitative estimate of drug-likeness (QED) is 0.374. The molecule has 0 bridgehead atoms. The lowest BCUT2D eigenvalue weighted by molar-refractivity contribution is 0.101. The Bertz CT molecular complexity index is 933. The van der Waals surface area contributed by atoms with E-state index in [1.165, 1.54) is 20.2 Å². The average Bonchev–Trinajstić information content (AvgIpc) is 3.10. The van der Waals surface area contributed by atoms with Gasteiger partial charge in [0.1, 0.15) is 11.4 Å². The number of carbonyl (C=O) groups is 1. The van der Waals surface area contributed by atoms with Gasteiger partial charge < -0.3 is 9.47 Å². The highest BCUT2D eigenvalue weighted by Crippen LogP contribution is 2.30. The van der Waals surface area contributed by atoms with E-state index in [2.05, 4.69) is 21.6 Å². The Kier molecular flexibility index (Phi) is 4.74. The lowest BCUT2D eigenvalue weighted by Crippen LogP contribution is -2.05. The second kappa shape index (κ2) is 7.12. The number of ether oxygens (including phenoxy) is 2. The number of ketones is 1. The van der Waals surface area contributed by atoms with E-state index in [1.807, 2.05) is 12.1 Å². The van der Waals surface area contributed by atoms with Crippen molar-refractivity contribution in [3.63, 3.8) is 0 Å². The zero-order chi connectivity index (χ0) is 17.8. The van der Waals surface area contributed by atoms with Crippen molar-refractivity contribution in [3.8, 4) is 23.0 Å². The highest BCUT2D eigenvalue weighted by Gasteiger charge is 2.16. The Labute approximate surface area is 144 Å². The van der Waals surface area contributed by atoms with E-state index in [-0.39, 0.29) is 11.5 Å². The molecule has 3 rings (SSSR count). The van der Waals surface area contributed by atoms with Gasteiger partial charge in [0.05, 0.1) is 31.6 Å². The van der Waals surface area contributed by atoms with E-state index in [4.69, 9.17) is 9.47 Å². The second-order valence-corrected chi connectivity index (χ2v) is 5.35. The summed E-state index contributed by atoms with van der Waals surface area (Å²) in [5.74, 6) is 0.742. The molecule has 0 fully saturated rings. The molecule has 0 aromatic carbocycles. The standard InChI is InChI=1S/C18H18N4O3/c1-4-5-8-25-16-10-13(9-14-6-7-20-22(14)16)17-18(24-3)19-11-15(21-17)12(2)23/h4,6-7,9-11H,1,5,8H2,2-3H3. The van der Waals surface area contributed by atoms with E-state index in [0.29, 0.717) is 24.1 Å². The Morgan fingerprint density at radius 1 is 1.40 bits per heavy atom. The summed E-state index contributed by atoms with van der Waals surface area (Å²) in [4.78, 5) is 20.2. The van der Waals surface area contributed by atoms with Crippen molar-refractivity contribution in [2.45, 2.75) is 13.3 Å². The van der Waals surface area contributed by atoms with Crippen LogP contribution in [-0.4, -0.2) is 39.1 Å². The van der Waals surface area contributed by atoms with Gasteiger partial charge in [-0.15, -0.1) is 6.58 Å². The van der Waals surface area contributed by atoms with Crippen LogP contribution >= 0.6 is 0 Å². The summed E-state index contributed by atoms with van der Waals surface area (Å²) in [6, 6.07) is 5.56. The molecule has 7 nitrogen and oxygen atoms in total. The summed E-state index contributed by atoms with van der Waals surface area (Å²) in [5, 5.41) is 4.26. The molecule has 128 valence electrons. The van der Waals surface area contributed by atoms with E-state index in [0.717, 1.165) is 17.5 Å². The van der Waals surface area contributed by atoms with Crippen LogP contribution in [0.4, 0.5) is 0 Å². The molecule has 0 spiro atoms. The van der Waals surface area contributed by atoms with Gasteiger partial charge in [-0.05, 0) is 18.6 Å². The molecule has 0 aliphatic carbocycles. The third-order valence-electron chi connectivity index (χ3n) is 3.60. The first-order valence-electron chi connectivity index (χ1n) is 7.78. The number of aromatic nitrogens is 4. The molecule has 25 heavy (non-hydrogen) atoms. The van der Waals surface area contributed by atoms with E-state index in [9.17, 15) is 4.79 Å². The van der Waals surface area contributed by atoms with Gasteiger partial charge in [-0.1, -0.05) is 6.08 Å². The fourth-order valence-electron chi connectivity index (χ4n) is 2.37. The molecule has 0 saturated carbocycles. The van der Waals surface area contributed by atoms with Crippen molar-refractivity contribution in [2.75, 3.05) is 13.7 Å². The first kappa shape index (κ1) is 16.6. The summed E-state index contributed by atoms with van der Waals surface area (Å²) < 4.78 is 12.8. The summed E-state index contributed by atoms with van der Waals surface area (Å²) >= 11 is 0. The number of hydrogen-bond donors (Lipinski definition) is 0.